The van der Waals surface area contributed by atoms with Gasteiger partial charge >= 0.3 is 0 Å². The summed E-state index contributed by atoms with van der Waals surface area (Å²) in [5.74, 6) is -0.182. The normalized spacial score (nSPS) is 10.4. The minimum atomic E-state index is -0.182. The summed E-state index contributed by atoms with van der Waals surface area (Å²) >= 11 is 0. The molecule has 0 atom stereocenters. The van der Waals surface area contributed by atoms with Crippen LogP contribution in [0.2, 0.25) is 0 Å². The number of amides is 1. The fourth-order valence-corrected chi connectivity index (χ4v) is 1.98. The van der Waals surface area contributed by atoms with Gasteiger partial charge in [-0.3, -0.25) is 9.48 Å². The zero-order chi connectivity index (χ0) is 14.7. The molecule has 1 aromatic carbocycles. The Kier molecular flexibility index (Phi) is 4.08. The van der Waals surface area contributed by atoms with E-state index in [1.54, 1.807) is 6.07 Å². The number of anilines is 2. The van der Waals surface area contributed by atoms with E-state index in [9.17, 15) is 4.79 Å². The van der Waals surface area contributed by atoms with E-state index in [-0.39, 0.29) is 5.91 Å². The highest BCUT2D eigenvalue weighted by Gasteiger charge is 2.11. The average Bonchev–Trinajstić information content (AvgIpc) is 2.80. The molecule has 0 aliphatic rings. The van der Waals surface area contributed by atoms with E-state index in [0.717, 1.165) is 23.6 Å². The number of rotatable bonds is 4. The van der Waals surface area contributed by atoms with E-state index in [2.05, 4.69) is 10.4 Å². The number of carbonyl (C=O) groups excluding carboxylic acids is 1. The molecule has 106 valence electrons. The van der Waals surface area contributed by atoms with Crippen molar-refractivity contribution in [3.05, 3.63) is 41.7 Å². The van der Waals surface area contributed by atoms with Crippen molar-refractivity contribution in [2.24, 2.45) is 0 Å². The van der Waals surface area contributed by atoms with Crippen molar-refractivity contribution in [1.82, 2.24) is 9.78 Å². The van der Waals surface area contributed by atoms with Crippen LogP contribution in [0, 0.1) is 6.92 Å². The van der Waals surface area contributed by atoms with Crippen LogP contribution >= 0.6 is 0 Å². The molecule has 2 aromatic rings. The molecular weight excluding hydrogens is 252 g/mol. The SMILES string of the molecule is CCn1nc(C(=O)Nc2ccc(N(C)C)cc2)cc1C. The van der Waals surface area contributed by atoms with Gasteiger partial charge in [-0.1, -0.05) is 0 Å². The average molecular weight is 272 g/mol. The van der Waals surface area contributed by atoms with Crippen LogP contribution in [-0.4, -0.2) is 29.8 Å². The van der Waals surface area contributed by atoms with Gasteiger partial charge in [-0.25, -0.2) is 0 Å². The Labute approximate surface area is 119 Å². The highest BCUT2D eigenvalue weighted by molar-refractivity contribution is 6.03. The van der Waals surface area contributed by atoms with Gasteiger partial charge in [0.2, 0.25) is 0 Å². The Morgan fingerprint density at radius 2 is 1.95 bits per heavy atom. The zero-order valence-electron chi connectivity index (χ0n) is 12.3. The third kappa shape index (κ3) is 2.99. The van der Waals surface area contributed by atoms with E-state index in [0.29, 0.717) is 5.69 Å². The highest BCUT2D eigenvalue weighted by atomic mass is 16.1. The number of aryl methyl sites for hydroxylation is 2. The van der Waals surface area contributed by atoms with Crippen LogP contribution in [-0.2, 0) is 6.54 Å². The summed E-state index contributed by atoms with van der Waals surface area (Å²) in [7, 11) is 3.96. The minimum absolute atomic E-state index is 0.182. The number of nitrogens with zero attached hydrogens (tertiary/aromatic N) is 3. The van der Waals surface area contributed by atoms with Crippen molar-refractivity contribution in [3.63, 3.8) is 0 Å². The van der Waals surface area contributed by atoms with Gasteiger partial charge in [0, 0.05) is 37.7 Å². The summed E-state index contributed by atoms with van der Waals surface area (Å²) in [6.45, 7) is 4.71. The summed E-state index contributed by atoms with van der Waals surface area (Å²) < 4.78 is 1.81. The first-order chi connectivity index (χ1) is 9.51. The standard InChI is InChI=1S/C15H20N4O/c1-5-19-11(2)10-14(17-19)15(20)16-12-6-8-13(9-7-12)18(3)4/h6-10H,5H2,1-4H3,(H,16,20). The van der Waals surface area contributed by atoms with Crippen LogP contribution in [0.4, 0.5) is 11.4 Å². The van der Waals surface area contributed by atoms with Gasteiger partial charge in [0.15, 0.2) is 5.69 Å². The van der Waals surface area contributed by atoms with Crippen LogP contribution in [0.25, 0.3) is 0 Å². The summed E-state index contributed by atoms with van der Waals surface area (Å²) in [4.78, 5) is 14.1. The molecule has 1 N–H and O–H groups in total. The molecule has 5 nitrogen and oxygen atoms in total. The number of hydrogen-bond donors (Lipinski definition) is 1. The van der Waals surface area contributed by atoms with Gasteiger partial charge in [0.1, 0.15) is 0 Å². The van der Waals surface area contributed by atoms with E-state index in [1.165, 1.54) is 0 Å². The second-order valence-electron chi connectivity index (χ2n) is 4.88. The maximum Gasteiger partial charge on any atom is 0.276 e. The van der Waals surface area contributed by atoms with Crippen LogP contribution in [0.5, 0.6) is 0 Å². The third-order valence-corrected chi connectivity index (χ3v) is 3.15. The molecule has 5 heteroatoms. The smallest absolute Gasteiger partial charge is 0.276 e. The fourth-order valence-electron chi connectivity index (χ4n) is 1.98. The van der Waals surface area contributed by atoms with Crippen molar-refractivity contribution >= 4 is 17.3 Å². The molecule has 0 aliphatic heterocycles. The summed E-state index contributed by atoms with van der Waals surface area (Å²) in [5.41, 5.74) is 3.29. The van der Waals surface area contributed by atoms with Crippen LogP contribution in [0.1, 0.15) is 23.1 Å². The largest absolute Gasteiger partial charge is 0.378 e. The predicted molar refractivity (Wildman–Crippen MR) is 81.4 cm³/mol. The lowest BCUT2D eigenvalue weighted by molar-refractivity contribution is 0.102. The number of nitrogens with one attached hydrogen (secondary N) is 1. The van der Waals surface area contributed by atoms with Crippen molar-refractivity contribution in [3.8, 4) is 0 Å². The van der Waals surface area contributed by atoms with E-state index >= 15 is 0 Å². The quantitative estimate of drug-likeness (QED) is 0.930. The molecule has 0 bridgehead atoms. The van der Waals surface area contributed by atoms with Gasteiger partial charge < -0.3 is 10.2 Å². The lowest BCUT2D eigenvalue weighted by Crippen LogP contribution is -2.13. The van der Waals surface area contributed by atoms with Crippen LogP contribution in [0.15, 0.2) is 30.3 Å². The zero-order valence-corrected chi connectivity index (χ0v) is 12.3. The summed E-state index contributed by atoms with van der Waals surface area (Å²) in [6.07, 6.45) is 0. The molecule has 20 heavy (non-hydrogen) atoms. The molecule has 0 radical (unpaired) electrons. The van der Waals surface area contributed by atoms with E-state index < -0.39 is 0 Å². The maximum absolute atomic E-state index is 12.1. The monoisotopic (exact) mass is 272 g/mol. The Bertz CT molecular complexity index is 599. The lowest BCUT2D eigenvalue weighted by Gasteiger charge is -2.12. The molecule has 0 aliphatic carbocycles. The predicted octanol–water partition coefficient (Wildman–Crippen LogP) is 2.53. The van der Waals surface area contributed by atoms with E-state index in [1.807, 2.05) is 61.8 Å². The summed E-state index contributed by atoms with van der Waals surface area (Å²) in [5, 5.41) is 7.12. The number of benzene rings is 1. The first kappa shape index (κ1) is 14.1. The molecule has 0 unspecified atom stereocenters. The van der Waals surface area contributed by atoms with E-state index in [4.69, 9.17) is 0 Å². The number of hydrogen-bond acceptors (Lipinski definition) is 3. The Balaban J connectivity index is 2.10. The topological polar surface area (TPSA) is 50.2 Å². The Morgan fingerprint density at radius 1 is 1.30 bits per heavy atom. The molecule has 0 fully saturated rings. The molecule has 0 spiro atoms. The van der Waals surface area contributed by atoms with Crippen molar-refractivity contribution in [2.75, 3.05) is 24.3 Å². The molecule has 1 heterocycles. The van der Waals surface area contributed by atoms with Crippen molar-refractivity contribution in [2.45, 2.75) is 20.4 Å². The lowest BCUT2D eigenvalue weighted by atomic mass is 10.2. The van der Waals surface area contributed by atoms with Crippen LogP contribution < -0.4 is 10.2 Å². The first-order valence-corrected chi connectivity index (χ1v) is 6.64. The van der Waals surface area contributed by atoms with Crippen LogP contribution in [0.3, 0.4) is 0 Å². The van der Waals surface area contributed by atoms with Crippen molar-refractivity contribution in [1.29, 1.82) is 0 Å². The molecule has 0 saturated carbocycles. The van der Waals surface area contributed by atoms with Gasteiger partial charge in [-0.15, -0.1) is 0 Å². The van der Waals surface area contributed by atoms with Gasteiger partial charge in [-0.05, 0) is 44.2 Å². The minimum Gasteiger partial charge on any atom is -0.378 e. The Hall–Kier alpha value is -2.30. The molecule has 1 aromatic heterocycles. The third-order valence-electron chi connectivity index (χ3n) is 3.15. The molecule has 2 rings (SSSR count). The fraction of sp³-hybridized carbons (Fsp3) is 0.333. The molecule has 0 saturated heterocycles. The second kappa shape index (κ2) is 5.77. The number of carbonyl (C=O) groups is 1. The second-order valence-corrected chi connectivity index (χ2v) is 4.88. The Morgan fingerprint density at radius 3 is 2.45 bits per heavy atom. The first-order valence-electron chi connectivity index (χ1n) is 6.64. The molecular formula is C15H20N4O. The van der Waals surface area contributed by atoms with Crippen molar-refractivity contribution < 1.29 is 4.79 Å². The van der Waals surface area contributed by atoms with Gasteiger partial charge in [-0.2, -0.15) is 5.10 Å². The maximum atomic E-state index is 12.1. The number of aromatic nitrogens is 2. The highest BCUT2D eigenvalue weighted by Crippen LogP contribution is 2.16. The molecule has 1 amide bonds. The van der Waals surface area contributed by atoms with Gasteiger partial charge in [0.25, 0.3) is 5.91 Å². The summed E-state index contributed by atoms with van der Waals surface area (Å²) in [6, 6.07) is 9.50. The van der Waals surface area contributed by atoms with Gasteiger partial charge in [0.05, 0.1) is 0 Å².